The molecule has 2 unspecified atom stereocenters. The second-order valence-corrected chi connectivity index (χ2v) is 3.95. The Morgan fingerprint density at radius 3 is 2.54 bits per heavy atom. The van der Waals surface area contributed by atoms with Gasteiger partial charge in [0.25, 0.3) is 0 Å². The molecule has 0 aromatic heterocycles. The molecular weight excluding hydrogens is 164 g/mol. The molecule has 78 valence electrons. The Morgan fingerprint density at radius 1 is 1.08 bits per heavy atom. The molecule has 0 radical (unpaired) electrons. The zero-order valence-corrected chi connectivity index (χ0v) is 8.92. The molecule has 2 heteroatoms. The number of unbranched alkanes of at least 4 members (excludes halogenated alkanes) is 3. The van der Waals surface area contributed by atoms with Crippen LogP contribution in [0, 0.1) is 0 Å². The van der Waals surface area contributed by atoms with Crippen LogP contribution in [-0.4, -0.2) is 25.4 Å². The fraction of sp³-hybridized carbons (Fsp3) is 1.00. The average molecular weight is 186 g/mol. The summed E-state index contributed by atoms with van der Waals surface area (Å²) >= 11 is 0. The highest BCUT2D eigenvalue weighted by molar-refractivity contribution is 4.64. The molecule has 13 heavy (non-hydrogen) atoms. The molecule has 0 amide bonds. The fourth-order valence-electron chi connectivity index (χ4n) is 1.60. The monoisotopic (exact) mass is 186 g/mol. The minimum atomic E-state index is 0.298. The van der Waals surface area contributed by atoms with Gasteiger partial charge in [0, 0.05) is 0 Å². The van der Waals surface area contributed by atoms with Crippen LogP contribution in [-0.2, 0) is 9.47 Å². The molecule has 1 saturated heterocycles. The van der Waals surface area contributed by atoms with Crippen LogP contribution < -0.4 is 0 Å². The lowest BCUT2D eigenvalue weighted by Crippen LogP contribution is -2.33. The first-order valence-electron chi connectivity index (χ1n) is 5.56. The number of rotatable bonds is 5. The van der Waals surface area contributed by atoms with Crippen molar-refractivity contribution in [2.75, 3.05) is 13.2 Å². The van der Waals surface area contributed by atoms with Gasteiger partial charge in [-0.25, -0.2) is 0 Å². The summed E-state index contributed by atoms with van der Waals surface area (Å²) in [7, 11) is 0. The van der Waals surface area contributed by atoms with Crippen molar-refractivity contribution in [2.24, 2.45) is 0 Å². The van der Waals surface area contributed by atoms with Gasteiger partial charge in [-0.1, -0.05) is 32.6 Å². The lowest BCUT2D eigenvalue weighted by atomic mass is 10.1. The normalized spacial score (nSPS) is 29.1. The van der Waals surface area contributed by atoms with Crippen LogP contribution in [0.25, 0.3) is 0 Å². The van der Waals surface area contributed by atoms with Crippen molar-refractivity contribution >= 4 is 0 Å². The van der Waals surface area contributed by atoms with Crippen LogP contribution in [0.1, 0.15) is 46.0 Å². The minimum absolute atomic E-state index is 0.298. The molecule has 0 spiro atoms. The van der Waals surface area contributed by atoms with E-state index in [1.165, 1.54) is 32.1 Å². The molecule has 0 bridgehead atoms. The molecule has 0 N–H and O–H groups in total. The smallest absolute Gasteiger partial charge is 0.0810 e. The Morgan fingerprint density at radius 2 is 1.92 bits per heavy atom. The fourth-order valence-corrected chi connectivity index (χ4v) is 1.60. The molecule has 1 fully saturated rings. The van der Waals surface area contributed by atoms with Gasteiger partial charge in [0.2, 0.25) is 0 Å². The van der Waals surface area contributed by atoms with Crippen molar-refractivity contribution in [1.29, 1.82) is 0 Å². The van der Waals surface area contributed by atoms with Crippen LogP contribution in [0.3, 0.4) is 0 Å². The molecule has 1 aliphatic rings. The van der Waals surface area contributed by atoms with Crippen molar-refractivity contribution in [3.63, 3.8) is 0 Å². The first-order chi connectivity index (χ1) is 6.33. The largest absolute Gasteiger partial charge is 0.373 e. The quantitative estimate of drug-likeness (QED) is 0.615. The van der Waals surface area contributed by atoms with Gasteiger partial charge in [-0.05, 0) is 13.3 Å². The zero-order chi connectivity index (χ0) is 9.52. The standard InChI is InChI=1S/C11H22O2/c1-3-4-5-6-7-11-9-12-10(2)8-13-11/h10-11H,3-9H2,1-2H3. The molecule has 2 nitrogen and oxygen atoms in total. The van der Waals surface area contributed by atoms with E-state index in [4.69, 9.17) is 9.47 Å². The molecule has 0 saturated carbocycles. The van der Waals surface area contributed by atoms with Crippen molar-refractivity contribution < 1.29 is 9.47 Å². The van der Waals surface area contributed by atoms with Crippen molar-refractivity contribution in [2.45, 2.75) is 58.2 Å². The lowest BCUT2D eigenvalue weighted by Gasteiger charge is -2.27. The van der Waals surface area contributed by atoms with Gasteiger partial charge >= 0.3 is 0 Å². The summed E-state index contributed by atoms with van der Waals surface area (Å²) in [4.78, 5) is 0. The highest BCUT2D eigenvalue weighted by Crippen LogP contribution is 2.13. The number of hydrogen-bond acceptors (Lipinski definition) is 2. The Kier molecular flexibility index (Phi) is 5.40. The van der Waals surface area contributed by atoms with Gasteiger partial charge in [-0.2, -0.15) is 0 Å². The highest BCUT2D eigenvalue weighted by Gasteiger charge is 2.18. The summed E-state index contributed by atoms with van der Waals surface area (Å²) in [5, 5.41) is 0. The first kappa shape index (κ1) is 11.0. The minimum Gasteiger partial charge on any atom is -0.373 e. The van der Waals surface area contributed by atoms with E-state index in [0.717, 1.165) is 13.2 Å². The van der Waals surface area contributed by atoms with E-state index in [1.54, 1.807) is 0 Å². The molecule has 0 aliphatic carbocycles. The van der Waals surface area contributed by atoms with E-state index in [1.807, 2.05) is 0 Å². The van der Waals surface area contributed by atoms with Crippen molar-refractivity contribution in [3.8, 4) is 0 Å². The maximum atomic E-state index is 5.65. The van der Waals surface area contributed by atoms with Gasteiger partial charge in [0.1, 0.15) is 0 Å². The zero-order valence-electron chi connectivity index (χ0n) is 8.92. The van der Waals surface area contributed by atoms with E-state index >= 15 is 0 Å². The molecule has 0 aromatic rings. The van der Waals surface area contributed by atoms with Crippen LogP contribution in [0.5, 0.6) is 0 Å². The maximum absolute atomic E-state index is 5.65. The third kappa shape index (κ3) is 4.63. The van der Waals surface area contributed by atoms with Crippen LogP contribution >= 0.6 is 0 Å². The molecule has 1 rings (SSSR count). The van der Waals surface area contributed by atoms with Crippen LogP contribution in [0.15, 0.2) is 0 Å². The summed E-state index contributed by atoms with van der Waals surface area (Å²) < 4.78 is 11.2. The first-order valence-corrected chi connectivity index (χ1v) is 5.56. The van der Waals surface area contributed by atoms with Gasteiger partial charge < -0.3 is 9.47 Å². The third-order valence-corrected chi connectivity index (χ3v) is 2.51. The Hall–Kier alpha value is -0.0800. The maximum Gasteiger partial charge on any atom is 0.0810 e. The Bertz CT molecular complexity index is 117. The van der Waals surface area contributed by atoms with E-state index < -0.39 is 0 Å². The summed E-state index contributed by atoms with van der Waals surface area (Å²) in [5.41, 5.74) is 0. The van der Waals surface area contributed by atoms with Gasteiger partial charge in [0.15, 0.2) is 0 Å². The van der Waals surface area contributed by atoms with Gasteiger partial charge in [-0.15, -0.1) is 0 Å². The van der Waals surface area contributed by atoms with E-state index in [2.05, 4.69) is 13.8 Å². The van der Waals surface area contributed by atoms with E-state index in [0.29, 0.717) is 12.2 Å². The Balaban J connectivity index is 1.96. The topological polar surface area (TPSA) is 18.5 Å². The van der Waals surface area contributed by atoms with Crippen molar-refractivity contribution in [3.05, 3.63) is 0 Å². The lowest BCUT2D eigenvalue weighted by molar-refractivity contribution is -0.128. The van der Waals surface area contributed by atoms with Gasteiger partial charge in [-0.3, -0.25) is 0 Å². The molecule has 2 atom stereocenters. The van der Waals surface area contributed by atoms with E-state index in [9.17, 15) is 0 Å². The average Bonchev–Trinajstić information content (AvgIpc) is 2.15. The van der Waals surface area contributed by atoms with Crippen LogP contribution in [0.4, 0.5) is 0 Å². The Labute approximate surface area is 81.6 Å². The summed E-state index contributed by atoms with van der Waals surface area (Å²) in [6.45, 7) is 5.88. The van der Waals surface area contributed by atoms with Gasteiger partial charge in [0.05, 0.1) is 25.4 Å². The second-order valence-electron chi connectivity index (χ2n) is 3.95. The molecule has 1 heterocycles. The predicted molar refractivity (Wildman–Crippen MR) is 53.9 cm³/mol. The number of hydrogen-bond donors (Lipinski definition) is 0. The summed E-state index contributed by atoms with van der Waals surface area (Å²) in [6, 6.07) is 0. The third-order valence-electron chi connectivity index (χ3n) is 2.51. The van der Waals surface area contributed by atoms with Crippen LogP contribution in [0.2, 0.25) is 0 Å². The predicted octanol–water partition coefficient (Wildman–Crippen LogP) is 2.76. The summed E-state index contributed by atoms with van der Waals surface area (Å²) in [5.74, 6) is 0. The molecular formula is C11H22O2. The SMILES string of the molecule is CCCCCCC1COC(C)CO1. The number of ether oxygens (including phenoxy) is 2. The van der Waals surface area contributed by atoms with Crippen molar-refractivity contribution in [1.82, 2.24) is 0 Å². The molecule has 1 aliphatic heterocycles. The highest BCUT2D eigenvalue weighted by atomic mass is 16.6. The second kappa shape index (κ2) is 6.39. The molecule has 0 aromatic carbocycles. The van der Waals surface area contributed by atoms with E-state index in [-0.39, 0.29) is 0 Å². The summed E-state index contributed by atoms with van der Waals surface area (Å²) in [6.07, 6.45) is 7.12.